The quantitative estimate of drug-likeness (QED) is 0.600. The molecule has 8 heteroatoms. The lowest BCUT2D eigenvalue weighted by Crippen LogP contribution is -2.10. The van der Waals surface area contributed by atoms with Crippen molar-refractivity contribution < 1.29 is 27.1 Å². The third-order valence-corrected chi connectivity index (χ3v) is 4.06. The van der Waals surface area contributed by atoms with E-state index >= 15 is 0 Å². The molecule has 4 nitrogen and oxygen atoms in total. The van der Waals surface area contributed by atoms with Gasteiger partial charge in [-0.15, -0.1) is 0 Å². The van der Waals surface area contributed by atoms with E-state index in [2.05, 4.69) is 5.32 Å². The summed E-state index contributed by atoms with van der Waals surface area (Å²) in [6, 6.07) is 12.9. The minimum absolute atomic E-state index is 0.0377. The summed E-state index contributed by atoms with van der Waals surface area (Å²) < 4.78 is 49.4. The molecule has 0 atom stereocenters. The summed E-state index contributed by atoms with van der Waals surface area (Å²) in [6.45, 7) is 0. The van der Waals surface area contributed by atoms with E-state index < -0.39 is 22.7 Å². The van der Waals surface area contributed by atoms with Crippen LogP contribution in [0.25, 0.3) is 11.3 Å². The SMILES string of the molecule is COc1ccc(NC(=O)c2ccc(-c3ccc(Cl)c(C(F)(F)F)c3)o2)cc1. The third-order valence-electron chi connectivity index (χ3n) is 3.73. The fraction of sp³-hybridized carbons (Fsp3) is 0.105. The molecule has 3 rings (SSSR count). The Morgan fingerprint density at radius 2 is 1.78 bits per heavy atom. The Hall–Kier alpha value is -2.93. The number of rotatable bonds is 4. The molecule has 0 fully saturated rings. The first-order valence-electron chi connectivity index (χ1n) is 7.70. The molecule has 0 radical (unpaired) electrons. The number of halogens is 4. The summed E-state index contributed by atoms with van der Waals surface area (Å²) in [4.78, 5) is 12.3. The molecule has 0 bridgehead atoms. The Labute approximate surface area is 157 Å². The van der Waals surface area contributed by atoms with Gasteiger partial charge in [-0.1, -0.05) is 11.6 Å². The van der Waals surface area contributed by atoms with Crippen molar-refractivity contribution in [1.29, 1.82) is 0 Å². The number of amides is 1. The van der Waals surface area contributed by atoms with E-state index in [1.165, 1.54) is 25.3 Å². The number of ether oxygens (including phenoxy) is 1. The summed E-state index contributed by atoms with van der Waals surface area (Å²) in [7, 11) is 1.53. The fourth-order valence-electron chi connectivity index (χ4n) is 2.38. The maximum Gasteiger partial charge on any atom is 0.417 e. The molecule has 27 heavy (non-hydrogen) atoms. The van der Waals surface area contributed by atoms with Gasteiger partial charge in [0.15, 0.2) is 5.76 Å². The van der Waals surface area contributed by atoms with Gasteiger partial charge >= 0.3 is 6.18 Å². The van der Waals surface area contributed by atoms with Crippen LogP contribution in [0.2, 0.25) is 5.02 Å². The molecule has 0 aliphatic rings. The number of methoxy groups -OCH3 is 1. The molecule has 2 aromatic carbocycles. The maximum absolute atomic E-state index is 13.0. The smallest absolute Gasteiger partial charge is 0.417 e. The van der Waals surface area contributed by atoms with Crippen LogP contribution in [-0.4, -0.2) is 13.0 Å². The monoisotopic (exact) mass is 395 g/mol. The van der Waals surface area contributed by atoms with E-state index in [0.29, 0.717) is 11.4 Å². The number of nitrogens with one attached hydrogen (secondary N) is 1. The predicted octanol–water partition coefficient (Wildman–Crippen LogP) is 5.88. The van der Waals surface area contributed by atoms with Crippen molar-refractivity contribution in [3.8, 4) is 17.1 Å². The Kier molecular flexibility index (Phi) is 5.14. The van der Waals surface area contributed by atoms with Crippen molar-refractivity contribution in [1.82, 2.24) is 0 Å². The van der Waals surface area contributed by atoms with Crippen LogP contribution >= 0.6 is 11.6 Å². The van der Waals surface area contributed by atoms with Gasteiger partial charge in [0.25, 0.3) is 5.91 Å². The van der Waals surface area contributed by atoms with Crippen molar-refractivity contribution in [2.24, 2.45) is 0 Å². The molecule has 1 aromatic heterocycles. The Morgan fingerprint density at radius 1 is 1.07 bits per heavy atom. The van der Waals surface area contributed by atoms with E-state index in [9.17, 15) is 18.0 Å². The lowest BCUT2D eigenvalue weighted by Gasteiger charge is -2.10. The average Bonchev–Trinajstić information content (AvgIpc) is 3.12. The minimum Gasteiger partial charge on any atom is -0.497 e. The second-order valence-electron chi connectivity index (χ2n) is 5.54. The standard InChI is InChI=1S/C19H13ClF3NO3/c1-26-13-5-3-12(4-6-13)24-18(25)17-9-8-16(27-17)11-2-7-15(20)14(10-11)19(21,22)23/h2-10H,1H3,(H,24,25). The second kappa shape index (κ2) is 7.36. The molecular weight excluding hydrogens is 383 g/mol. The summed E-state index contributed by atoms with van der Waals surface area (Å²) in [5.74, 6) is 0.189. The van der Waals surface area contributed by atoms with Gasteiger partial charge in [-0.05, 0) is 54.6 Å². The van der Waals surface area contributed by atoms with Crippen LogP contribution in [0.15, 0.2) is 59.0 Å². The van der Waals surface area contributed by atoms with Crippen LogP contribution in [-0.2, 0) is 6.18 Å². The van der Waals surface area contributed by atoms with Gasteiger partial charge in [-0.2, -0.15) is 13.2 Å². The van der Waals surface area contributed by atoms with E-state index in [1.54, 1.807) is 24.3 Å². The normalized spacial score (nSPS) is 11.3. The Balaban J connectivity index is 1.81. The molecule has 0 saturated heterocycles. The fourth-order valence-corrected chi connectivity index (χ4v) is 2.60. The van der Waals surface area contributed by atoms with Gasteiger partial charge in [-0.25, -0.2) is 0 Å². The first-order valence-corrected chi connectivity index (χ1v) is 8.08. The van der Waals surface area contributed by atoms with Crippen LogP contribution in [0.4, 0.5) is 18.9 Å². The summed E-state index contributed by atoms with van der Waals surface area (Å²) in [6.07, 6.45) is -4.59. The average molecular weight is 396 g/mol. The zero-order valence-corrected chi connectivity index (χ0v) is 14.7. The van der Waals surface area contributed by atoms with E-state index in [0.717, 1.165) is 12.1 Å². The van der Waals surface area contributed by atoms with Gasteiger partial charge < -0.3 is 14.5 Å². The van der Waals surface area contributed by atoms with Crippen molar-refractivity contribution in [3.63, 3.8) is 0 Å². The van der Waals surface area contributed by atoms with Crippen molar-refractivity contribution in [3.05, 3.63) is 70.9 Å². The molecule has 1 heterocycles. The predicted molar refractivity (Wildman–Crippen MR) is 95.1 cm³/mol. The molecule has 0 aliphatic heterocycles. The van der Waals surface area contributed by atoms with Gasteiger partial charge in [0, 0.05) is 11.3 Å². The molecule has 0 saturated carbocycles. The number of alkyl halides is 3. The van der Waals surface area contributed by atoms with E-state index in [1.807, 2.05) is 0 Å². The number of benzene rings is 2. The molecule has 3 aromatic rings. The highest BCUT2D eigenvalue weighted by Gasteiger charge is 2.33. The molecule has 140 valence electrons. The number of furan rings is 1. The van der Waals surface area contributed by atoms with Crippen molar-refractivity contribution in [2.45, 2.75) is 6.18 Å². The summed E-state index contributed by atoms with van der Waals surface area (Å²) in [5.41, 5.74) is -0.290. The summed E-state index contributed by atoms with van der Waals surface area (Å²) in [5, 5.41) is 2.22. The van der Waals surface area contributed by atoms with Crippen molar-refractivity contribution in [2.75, 3.05) is 12.4 Å². The molecule has 1 amide bonds. The van der Waals surface area contributed by atoms with Crippen LogP contribution in [0.3, 0.4) is 0 Å². The van der Waals surface area contributed by atoms with E-state index in [-0.39, 0.29) is 17.1 Å². The highest BCUT2D eigenvalue weighted by Crippen LogP contribution is 2.37. The number of hydrogen-bond donors (Lipinski definition) is 1. The highest BCUT2D eigenvalue weighted by atomic mass is 35.5. The van der Waals surface area contributed by atoms with Crippen molar-refractivity contribution >= 4 is 23.2 Å². The Bertz CT molecular complexity index is 965. The zero-order chi connectivity index (χ0) is 19.6. The van der Waals surface area contributed by atoms with Crippen LogP contribution in [0, 0.1) is 0 Å². The topological polar surface area (TPSA) is 51.5 Å². The van der Waals surface area contributed by atoms with Gasteiger partial charge in [0.1, 0.15) is 11.5 Å². The van der Waals surface area contributed by atoms with Gasteiger partial charge in [0.2, 0.25) is 0 Å². The van der Waals surface area contributed by atoms with Crippen LogP contribution in [0.5, 0.6) is 5.75 Å². The first kappa shape index (κ1) is 18.8. The van der Waals surface area contributed by atoms with Crippen LogP contribution in [0.1, 0.15) is 16.1 Å². The third kappa shape index (κ3) is 4.25. The lowest BCUT2D eigenvalue weighted by atomic mass is 10.1. The van der Waals surface area contributed by atoms with Gasteiger partial charge in [0.05, 0.1) is 17.7 Å². The van der Waals surface area contributed by atoms with Crippen LogP contribution < -0.4 is 10.1 Å². The Morgan fingerprint density at radius 3 is 2.41 bits per heavy atom. The number of carbonyl (C=O) groups is 1. The molecule has 0 aliphatic carbocycles. The molecule has 0 spiro atoms. The maximum atomic E-state index is 13.0. The lowest BCUT2D eigenvalue weighted by molar-refractivity contribution is -0.137. The minimum atomic E-state index is -4.59. The highest BCUT2D eigenvalue weighted by molar-refractivity contribution is 6.31. The van der Waals surface area contributed by atoms with Gasteiger partial charge in [-0.3, -0.25) is 4.79 Å². The number of carbonyl (C=O) groups excluding carboxylic acids is 1. The molecular formula is C19H13ClF3NO3. The largest absolute Gasteiger partial charge is 0.497 e. The van der Waals surface area contributed by atoms with E-state index in [4.69, 9.17) is 20.8 Å². The zero-order valence-electron chi connectivity index (χ0n) is 13.9. The summed E-state index contributed by atoms with van der Waals surface area (Å²) >= 11 is 5.61. The first-order chi connectivity index (χ1) is 12.8. The molecule has 0 unspecified atom stereocenters. The second-order valence-corrected chi connectivity index (χ2v) is 5.95. The number of hydrogen-bond acceptors (Lipinski definition) is 3. The number of anilines is 1. The molecule has 1 N–H and O–H groups in total.